The molecule has 0 radical (unpaired) electrons. The van der Waals surface area contributed by atoms with Gasteiger partial charge in [-0.25, -0.2) is 4.99 Å². The number of aromatic carboxylic acids is 1. The van der Waals surface area contributed by atoms with Crippen LogP contribution in [-0.4, -0.2) is 16.8 Å². The lowest BCUT2D eigenvalue weighted by Crippen LogP contribution is -2.22. The Bertz CT molecular complexity index is 914. The smallest absolute Gasteiger partial charge is 0.181 e. The number of hydrogen-bond acceptors (Lipinski definition) is 5. The minimum atomic E-state index is -1.28. The molecule has 0 fully saturated rings. The third-order valence-corrected chi connectivity index (χ3v) is 3.67. The molecule has 6 heteroatoms. The highest BCUT2D eigenvalue weighted by molar-refractivity contribution is 6.30. The number of para-hydroxylation sites is 1. The van der Waals surface area contributed by atoms with Gasteiger partial charge < -0.3 is 14.4 Å². The van der Waals surface area contributed by atoms with Crippen molar-refractivity contribution in [3.8, 4) is 11.3 Å². The lowest BCUT2D eigenvalue weighted by molar-refractivity contribution is -0.254. The molecule has 1 aromatic heterocycles. The summed E-state index contributed by atoms with van der Waals surface area (Å²) < 4.78 is 5.31. The standard InChI is InChI=1S/C18H13ClN2O3/c1-11(20-15-5-3-2-4-14(15)18(22)23)17-10-16(21-24-17)12-6-8-13(19)9-7-12/h2-10H,1H3,(H,22,23)/p-1. The minimum Gasteiger partial charge on any atom is -0.545 e. The molecule has 0 saturated carbocycles. The lowest BCUT2D eigenvalue weighted by atomic mass is 10.1. The second kappa shape index (κ2) is 6.68. The van der Waals surface area contributed by atoms with Crippen molar-refractivity contribution in [2.45, 2.75) is 6.92 Å². The van der Waals surface area contributed by atoms with Crippen LogP contribution in [0.15, 0.2) is 64.1 Å². The number of carbonyl (C=O) groups excluding carboxylic acids is 1. The molecular weight excluding hydrogens is 328 g/mol. The Labute approximate surface area is 143 Å². The van der Waals surface area contributed by atoms with Gasteiger partial charge in [-0.1, -0.05) is 47.1 Å². The second-order valence-electron chi connectivity index (χ2n) is 5.09. The van der Waals surface area contributed by atoms with Crippen LogP contribution < -0.4 is 5.11 Å². The van der Waals surface area contributed by atoms with E-state index in [1.807, 2.05) is 12.1 Å². The van der Waals surface area contributed by atoms with E-state index in [2.05, 4.69) is 10.1 Å². The molecule has 0 atom stereocenters. The van der Waals surface area contributed by atoms with Gasteiger partial charge in [0.1, 0.15) is 5.69 Å². The Morgan fingerprint density at radius 1 is 1.17 bits per heavy atom. The maximum absolute atomic E-state index is 11.1. The van der Waals surface area contributed by atoms with Gasteiger partial charge in [0.25, 0.3) is 0 Å². The van der Waals surface area contributed by atoms with Crippen LogP contribution in [0.3, 0.4) is 0 Å². The van der Waals surface area contributed by atoms with E-state index in [4.69, 9.17) is 16.1 Å². The van der Waals surface area contributed by atoms with Crippen LogP contribution in [0.1, 0.15) is 23.0 Å². The van der Waals surface area contributed by atoms with Crippen molar-refractivity contribution in [1.82, 2.24) is 5.16 Å². The third-order valence-electron chi connectivity index (χ3n) is 3.42. The molecule has 0 unspecified atom stereocenters. The fraction of sp³-hybridized carbons (Fsp3) is 0.0556. The first kappa shape index (κ1) is 16.0. The van der Waals surface area contributed by atoms with Crippen LogP contribution in [-0.2, 0) is 0 Å². The molecule has 3 rings (SSSR count). The lowest BCUT2D eigenvalue weighted by Gasteiger charge is -2.06. The molecule has 24 heavy (non-hydrogen) atoms. The highest BCUT2D eigenvalue weighted by atomic mass is 35.5. The van der Waals surface area contributed by atoms with E-state index in [1.54, 1.807) is 43.3 Å². The number of carbonyl (C=O) groups is 1. The molecule has 5 nitrogen and oxygen atoms in total. The molecule has 0 spiro atoms. The van der Waals surface area contributed by atoms with Gasteiger partial charge in [-0.15, -0.1) is 0 Å². The summed E-state index contributed by atoms with van der Waals surface area (Å²) in [7, 11) is 0. The summed E-state index contributed by atoms with van der Waals surface area (Å²) >= 11 is 5.87. The molecule has 0 N–H and O–H groups in total. The number of halogens is 1. The second-order valence-corrected chi connectivity index (χ2v) is 5.52. The van der Waals surface area contributed by atoms with Crippen molar-refractivity contribution < 1.29 is 14.4 Å². The molecule has 0 amide bonds. The van der Waals surface area contributed by atoms with Crippen LogP contribution in [0.25, 0.3) is 11.3 Å². The molecule has 2 aromatic carbocycles. The first-order chi connectivity index (χ1) is 11.5. The summed E-state index contributed by atoms with van der Waals surface area (Å²) in [5.74, 6) is -0.824. The first-order valence-electron chi connectivity index (χ1n) is 7.13. The van der Waals surface area contributed by atoms with Crippen molar-refractivity contribution in [2.75, 3.05) is 0 Å². The summed E-state index contributed by atoms with van der Waals surface area (Å²) in [6.45, 7) is 1.72. The maximum atomic E-state index is 11.1. The predicted molar refractivity (Wildman–Crippen MR) is 89.6 cm³/mol. The third kappa shape index (κ3) is 3.36. The normalized spacial score (nSPS) is 11.5. The molecule has 0 aliphatic carbocycles. The largest absolute Gasteiger partial charge is 0.545 e. The van der Waals surface area contributed by atoms with Crippen LogP contribution in [0.4, 0.5) is 5.69 Å². The Hall–Kier alpha value is -2.92. The number of carboxylic acids is 1. The quantitative estimate of drug-likeness (QED) is 0.681. The van der Waals surface area contributed by atoms with Crippen molar-refractivity contribution >= 4 is 29.0 Å². The molecule has 3 aromatic rings. The van der Waals surface area contributed by atoms with E-state index < -0.39 is 5.97 Å². The number of hydrogen-bond donors (Lipinski definition) is 0. The van der Waals surface area contributed by atoms with Gasteiger partial charge in [0.05, 0.1) is 17.4 Å². The monoisotopic (exact) mass is 339 g/mol. The molecule has 0 aliphatic heterocycles. The van der Waals surface area contributed by atoms with Crippen molar-refractivity contribution in [3.05, 3.63) is 70.9 Å². The van der Waals surface area contributed by atoms with Crippen molar-refractivity contribution in [1.29, 1.82) is 0 Å². The predicted octanol–water partition coefficient (Wildman–Crippen LogP) is 3.50. The van der Waals surface area contributed by atoms with Gasteiger partial charge in [0.15, 0.2) is 5.76 Å². The van der Waals surface area contributed by atoms with Gasteiger partial charge in [-0.2, -0.15) is 0 Å². The highest BCUT2D eigenvalue weighted by Gasteiger charge is 2.10. The van der Waals surface area contributed by atoms with Gasteiger partial charge in [0.2, 0.25) is 0 Å². The van der Waals surface area contributed by atoms with Crippen LogP contribution in [0, 0.1) is 0 Å². The summed E-state index contributed by atoms with van der Waals surface area (Å²) in [6.07, 6.45) is 0. The zero-order valence-electron chi connectivity index (χ0n) is 12.7. The van der Waals surface area contributed by atoms with E-state index >= 15 is 0 Å². The average Bonchev–Trinajstić information content (AvgIpc) is 3.06. The van der Waals surface area contributed by atoms with Gasteiger partial charge in [-0.05, 0) is 25.1 Å². The van der Waals surface area contributed by atoms with Gasteiger partial charge >= 0.3 is 0 Å². The fourth-order valence-electron chi connectivity index (χ4n) is 2.18. The topological polar surface area (TPSA) is 78.5 Å². The Kier molecular flexibility index (Phi) is 4.44. The summed E-state index contributed by atoms with van der Waals surface area (Å²) in [5.41, 5.74) is 2.34. The van der Waals surface area contributed by atoms with E-state index in [1.165, 1.54) is 6.07 Å². The molecule has 120 valence electrons. The fourth-order valence-corrected chi connectivity index (χ4v) is 2.31. The van der Waals surface area contributed by atoms with Crippen LogP contribution in [0.2, 0.25) is 5.02 Å². The minimum absolute atomic E-state index is 0.0225. The molecular formula is C18H12ClN2O3-. The Morgan fingerprint density at radius 2 is 1.88 bits per heavy atom. The van der Waals surface area contributed by atoms with Crippen molar-refractivity contribution in [3.63, 3.8) is 0 Å². The first-order valence-corrected chi connectivity index (χ1v) is 7.51. The Morgan fingerprint density at radius 3 is 2.58 bits per heavy atom. The highest BCUT2D eigenvalue weighted by Crippen LogP contribution is 2.23. The molecule has 0 aliphatic rings. The number of aliphatic imine (C=N–C) groups is 1. The SMILES string of the molecule is CC(=Nc1ccccc1C(=O)[O-])c1cc(-c2ccc(Cl)cc2)no1. The van der Waals surface area contributed by atoms with Crippen molar-refractivity contribution in [2.24, 2.45) is 4.99 Å². The zero-order valence-corrected chi connectivity index (χ0v) is 13.4. The summed E-state index contributed by atoms with van der Waals surface area (Å²) in [4.78, 5) is 15.4. The van der Waals surface area contributed by atoms with E-state index in [0.717, 1.165) is 5.56 Å². The number of nitrogens with zero attached hydrogens (tertiary/aromatic N) is 2. The number of aromatic nitrogens is 1. The molecule has 0 saturated heterocycles. The van der Waals surface area contributed by atoms with Gasteiger partial charge in [-0.3, -0.25) is 0 Å². The molecule has 0 bridgehead atoms. The van der Waals surface area contributed by atoms with E-state index in [0.29, 0.717) is 27.9 Å². The average molecular weight is 340 g/mol. The number of carboxylic acid groups (broad SMARTS) is 1. The summed E-state index contributed by atoms with van der Waals surface area (Å²) in [5, 5.41) is 15.8. The van der Waals surface area contributed by atoms with E-state index in [-0.39, 0.29) is 5.56 Å². The van der Waals surface area contributed by atoms with Crippen LogP contribution in [0.5, 0.6) is 0 Å². The summed E-state index contributed by atoms with van der Waals surface area (Å²) in [6, 6.07) is 15.3. The maximum Gasteiger partial charge on any atom is 0.181 e. The number of rotatable bonds is 4. The van der Waals surface area contributed by atoms with E-state index in [9.17, 15) is 9.90 Å². The number of benzene rings is 2. The van der Waals surface area contributed by atoms with Crippen LogP contribution >= 0.6 is 11.6 Å². The van der Waals surface area contributed by atoms with Gasteiger partial charge in [0, 0.05) is 22.2 Å². The Balaban J connectivity index is 1.93. The molecule has 1 heterocycles. The zero-order chi connectivity index (χ0) is 17.1.